The fourth-order valence-corrected chi connectivity index (χ4v) is 1.29. The second-order valence-corrected chi connectivity index (χ2v) is 3.14. The van der Waals surface area contributed by atoms with Crippen LogP contribution in [0, 0.1) is 11.3 Å². The molecule has 7 heteroatoms. The van der Waals surface area contributed by atoms with Crippen molar-refractivity contribution in [2.24, 2.45) is 0 Å². The first-order valence-corrected chi connectivity index (χ1v) is 4.13. The highest BCUT2D eigenvalue weighted by Gasteiger charge is 2.19. The third-order valence-corrected chi connectivity index (χ3v) is 2.23. The lowest BCUT2D eigenvalue weighted by atomic mass is 10.3. The molecule has 4 nitrogen and oxygen atoms in total. The molecular formula is C6H2Cl3N3O. The second-order valence-electron chi connectivity index (χ2n) is 2.01. The second kappa shape index (κ2) is 3.88. The van der Waals surface area contributed by atoms with Crippen LogP contribution in [-0.4, -0.2) is 6.03 Å². The van der Waals surface area contributed by atoms with Gasteiger partial charge in [0.05, 0.1) is 5.03 Å². The lowest BCUT2D eigenvalue weighted by molar-refractivity contribution is 0.247. The zero-order valence-electron chi connectivity index (χ0n) is 5.99. The molecule has 1 heterocycles. The summed E-state index contributed by atoms with van der Waals surface area (Å²) in [6.07, 6.45) is 0. The van der Waals surface area contributed by atoms with Gasteiger partial charge in [-0.3, -0.25) is 10.6 Å². The number of allylic oxidation sites excluding steroid dienone is 2. The summed E-state index contributed by atoms with van der Waals surface area (Å²) in [6.45, 7) is 0. The van der Waals surface area contributed by atoms with Crippen LogP contribution >= 0.6 is 34.8 Å². The first kappa shape index (κ1) is 10.2. The Morgan fingerprint density at radius 3 is 2.23 bits per heavy atom. The van der Waals surface area contributed by atoms with Crippen LogP contribution in [0.5, 0.6) is 0 Å². The third kappa shape index (κ3) is 2.07. The number of nitriles is 1. The summed E-state index contributed by atoms with van der Waals surface area (Å²) in [5, 5.41) is 12.6. The first-order chi connectivity index (χ1) is 6.06. The smallest absolute Gasteiger partial charge is 0.297 e. The average Bonchev–Trinajstić information content (AvgIpc) is 2.11. The predicted octanol–water partition coefficient (Wildman–Crippen LogP) is 1.92. The average molecular weight is 238 g/mol. The Kier molecular flexibility index (Phi) is 3.04. The van der Waals surface area contributed by atoms with Crippen molar-refractivity contribution in [3.05, 3.63) is 20.9 Å². The molecule has 0 aromatic rings. The van der Waals surface area contributed by atoms with Crippen LogP contribution in [0.2, 0.25) is 0 Å². The first-order valence-electron chi connectivity index (χ1n) is 2.99. The molecule has 0 bridgehead atoms. The van der Waals surface area contributed by atoms with Gasteiger partial charge in [-0.25, -0.2) is 4.79 Å². The van der Waals surface area contributed by atoms with E-state index in [0.717, 1.165) is 0 Å². The lowest BCUT2D eigenvalue weighted by Gasteiger charge is -1.99. The Labute approximate surface area is 88.7 Å². The van der Waals surface area contributed by atoms with E-state index in [1.165, 1.54) is 0 Å². The van der Waals surface area contributed by atoms with Gasteiger partial charge in [-0.15, -0.1) is 0 Å². The number of nitrogens with one attached hydrogen (secondary N) is 2. The van der Waals surface area contributed by atoms with Gasteiger partial charge in [-0.05, 0) is 0 Å². The number of urea groups is 1. The minimum Gasteiger partial charge on any atom is -0.297 e. The van der Waals surface area contributed by atoms with Crippen molar-refractivity contribution in [2.75, 3.05) is 0 Å². The quantitative estimate of drug-likeness (QED) is 0.633. The maximum atomic E-state index is 10.9. The highest BCUT2D eigenvalue weighted by atomic mass is 35.5. The molecule has 0 radical (unpaired) electrons. The number of halogens is 3. The number of rotatable bonds is 0. The SMILES string of the molecule is N#CC1=C(Cl)NC(=O)NC(Cl)=C1Cl. The number of amides is 2. The molecule has 0 aliphatic carbocycles. The summed E-state index contributed by atoms with van der Waals surface area (Å²) >= 11 is 16.7. The number of carbonyl (C=O) groups is 1. The fourth-order valence-electron chi connectivity index (χ4n) is 0.652. The Morgan fingerprint density at radius 2 is 1.69 bits per heavy atom. The van der Waals surface area contributed by atoms with Crippen LogP contribution < -0.4 is 10.6 Å². The number of hydrogen-bond donors (Lipinski definition) is 2. The van der Waals surface area contributed by atoms with Crippen molar-refractivity contribution in [3.8, 4) is 6.07 Å². The summed E-state index contributed by atoms with van der Waals surface area (Å²) in [5.74, 6) is 0. The maximum Gasteiger partial charge on any atom is 0.325 e. The third-order valence-electron chi connectivity index (χ3n) is 1.19. The van der Waals surface area contributed by atoms with Gasteiger partial charge in [-0.1, -0.05) is 34.8 Å². The lowest BCUT2D eigenvalue weighted by Crippen LogP contribution is -2.30. The van der Waals surface area contributed by atoms with Crippen LogP contribution in [0.15, 0.2) is 20.9 Å². The molecule has 0 unspecified atom stereocenters. The maximum absolute atomic E-state index is 10.9. The van der Waals surface area contributed by atoms with E-state index in [1.807, 2.05) is 0 Å². The fraction of sp³-hybridized carbons (Fsp3) is 0. The van der Waals surface area contributed by atoms with Crippen molar-refractivity contribution in [2.45, 2.75) is 0 Å². The van der Waals surface area contributed by atoms with Gasteiger partial charge in [-0.2, -0.15) is 5.26 Å². The van der Waals surface area contributed by atoms with Gasteiger partial charge in [0.1, 0.15) is 22.0 Å². The van der Waals surface area contributed by atoms with Crippen LogP contribution in [-0.2, 0) is 0 Å². The number of nitrogens with zero attached hydrogens (tertiary/aromatic N) is 1. The standard InChI is InChI=1S/C6H2Cl3N3O/c7-3-2(1-10)4(8)11-6(13)12-5(3)9/h(H2,11,12,13). The Bertz CT molecular complexity index is 366. The molecule has 1 aliphatic rings. The Hall–Kier alpha value is -0.890. The molecule has 0 spiro atoms. The molecule has 2 amide bonds. The molecule has 0 saturated carbocycles. The largest absolute Gasteiger partial charge is 0.325 e. The summed E-state index contributed by atoms with van der Waals surface area (Å²) in [6, 6.07) is 1.07. The van der Waals surface area contributed by atoms with E-state index in [9.17, 15) is 4.79 Å². The van der Waals surface area contributed by atoms with Crippen molar-refractivity contribution in [1.29, 1.82) is 5.26 Å². The summed E-state index contributed by atoms with van der Waals surface area (Å²) in [4.78, 5) is 10.9. The molecule has 0 atom stereocenters. The van der Waals surface area contributed by atoms with E-state index < -0.39 is 6.03 Å². The van der Waals surface area contributed by atoms with Crippen molar-refractivity contribution < 1.29 is 4.79 Å². The van der Waals surface area contributed by atoms with Gasteiger partial charge in [0.2, 0.25) is 0 Å². The Morgan fingerprint density at radius 1 is 1.15 bits per heavy atom. The van der Waals surface area contributed by atoms with Gasteiger partial charge in [0, 0.05) is 0 Å². The van der Waals surface area contributed by atoms with E-state index in [1.54, 1.807) is 6.07 Å². The number of hydrogen-bond acceptors (Lipinski definition) is 2. The van der Waals surface area contributed by atoms with E-state index >= 15 is 0 Å². The minimum absolute atomic E-state index is 0.0771. The van der Waals surface area contributed by atoms with Gasteiger partial charge >= 0.3 is 6.03 Å². The monoisotopic (exact) mass is 237 g/mol. The normalized spacial score (nSPS) is 17.5. The topological polar surface area (TPSA) is 64.9 Å². The van der Waals surface area contributed by atoms with E-state index in [4.69, 9.17) is 40.1 Å². The van der Waals surface area contributed by atoms with E-state index in [-0.39, 0.29) is 20.9 Å². The van der Waals surface area contributed by atoms with Gasteiger partial charge in [0.25, 0.3) is 0 Å². The van der Waals surface area contributed by atoms with Crippen LogP contribution in [0.1, 0.15) is 0 Å². The molecule has 2 N–H and O–H groups in total. The molecule has 1 rings (SSSR count). The van der Waals surface area contributed by atoms with Crippen LogP contribution in [0.25, 0.3) is 0 Å². The van der Waals surface area contributed by atoms with Crippen molar-refractivity contribution in [3.63, 3.8) is 0 Å². The molecule has 1 aliphatic heterocycles. The highest BCUT2D eigenvalue weighted by molar-refractivity contribution is 6.43. The summed E-state index contributed by atoms with van der Waals surface area (Å²) in [5.41, 5.74) is -0.0771. The van der Waals surface area contributed by atoms with Crippen molar-refractivity contribution in [1.82, 2.24) is 10.6 Å². The van der Waals surface area contributed by atoms with Gasteiger partial charge < -0.3 is 0 Å². The molecule has 13 heavy (non-hydrogen) atoms. The Balaban J connectivity index is 3.26. The summed E-state index contributed by atoms with van der Waals surface area (Å²) < 4.78 is 0. The molecule has 0 aromatic heterocycles. The summed E-state index contributed by atoms with van der Waals surface area (Å²) in [7, 11) is 0. The molecular weight excluding hydrogens is 236 g/mol. The zero-order valence-corrected chi connectivity index (χ0v) is 8.26. The molecule has 68 valence electrons. The number of carbonyl (C=O) groups excluding carboxylic acids is 1. The molecule has 0 fully saturated rings. The molecule has 0 saturated heterocycles. The van der Waals surface area contributed by atoms with E-state index in [0.29, 0.717) is 0 Å². The highest BCUT2D eigenvalue weighted by Crippen LogP contribution is 2.25. The van der Waals surface area contributed by atoms with Crippen LogP contribution in [0.4, 0.5) is 4.79 Å². The molecule has 0 aromatic carbocycles. The van der Waals surface area contributed by atoms with Crippen molar-refractivity contribution >= 4 is 40.8 Å². The predicted molar refractivity (Wildman–Crippen MR) is 48.9 cm³/mol. The van der Waals surface area contributed by atoms with E-state index in [2.05, 4.69) is 10.6 Å². The zero-order chi connectivity index (χ0) is 10.0. The van der Waals surface area contributed by atoms with Crippen LogP contribution in [0.3, 0.4) is 0 Å². The van der Waals surface area contributed by atoms with Gasteiger partial charge in [0.15, 0.2) is 0 Å². The minimum atomic E-state index is -0.640.